The third-order valence-corrected chi connectivity index (χ3v) is 5.61. The Hall–Kier alpha value is -4.89. The van der Waals surface area contributed by atoms with Crippen LogP contribution in [-0.4, -0.2) is 59.3 Å². The van der Waals surface area contributed by atoms with E-state index in [4.69, 9.17) is 0 Å². The number of nitrogens with zero attached hydrogens (tertiary/aromatic N) is 7. The number of benzene rings is 1. The van der Waals surface area contributed by atoms with Crippen molar-refractivity contribution in [3.8, 4) is 5.75 Å². The van der Waals surface area contributed by atoms with Crippen LogP contribution in [0.15, 0.2) is 55.0 Å². The number of carbonyl (C=O) groups is 2. The van der Waals surface area contributed by atoms with E-state index in [1.807, 2.05) is 19.1 Å². The standard InChI is InChI=1S/C25H25F4N9O3/c1-16-5-6-18(11-30-16)12-32-24(40)22-15-38(36-34-22)13-19(26)7-8-37-14-21(33-35-37)23(39)31-10-17-3-2-4-20(9-17)41-25(27,28)29/h2-6,9,11,14-15,19H,7-8,10,12-13H2,1H3,(H,31,39)(H,32,40). The molecule has 12 nitrogen and oxygen atoms in total. The summed E-state index contributed by atoms with van der Waals surface area (Å²) in [6.45, 7) is 1.99. The molecule has 1 atom stereocenters. The molecule has 0 aliphatic heterocycles. The second kappa shape index (κ2) is 13.0. The van der Waals surface area contributed by atoms with Crippen molar-refractivity contribution in [2.24, 2.45) is 0 Å². The molecular weight excluding hydrogens is 550 g/mol. The zero-order valence-electron chi connectivity index (χ0n) is 21.7. The molecule has 41 heavy (non-hydrogen) atoms. The van der Waals surface area contributed by atoms with Gasteiger partial charge >= 0.3 is 6.36 Å². The van der Waals surface area contributed by atoms with Crippen molar-refractivity contribution in [1.82, 2.24) is 45.6 Å². The zero-order chi connectivity index (χ0) is 29.4. The van der Waals surface area contributed by atoms with Crippen molar-refractivity contribution in [2.75, 3.05) is 0 Å². The Balaban J connectivity index is 1.20. The molecule has 2 amide bonds. The molecule has 0 spiro atoms. The summed E-state index contributed by atoms with van der Waals surface area (Å²) in [6, 6.07) is 8.86. The summed E-state index contributed by atoms with van der Waals surface area (Å²) in [6.07, 6.45) is -1.85. The van der Waals surface area contributed by atoms with Gasteiger partial charge in [0.25, 0.3) is 11.8 Å². The van der Waals surface area contributed by atoms with Crippen LogP contribution in [0.4, 0.5) is 17.6 Å². The van der Waals surface area contributed by atoms with Crippen LogP contribution in [0.5, 0.6) is 5.75 Å². The van der Waals surface area contributed by atoms with Gasteiger partial charge in [-0.15, -0.1) is 23.4 Å². The number of amides is 2. The Bertz CT molecular complexity index is 1470. The van der Waals surface area contributed by atoms with Gasteiger partial charge in [-0.2, -0.15) is 0 Å². The second-order valence-electron chi connectivity index (χ2n) is 8.95. The highest BCUT2D eigenvalue weighted by Gasteiger charge is 2.31. The molecule has 1 aromatic carbocycles. The molecule has 0 aliphatic carbocycles. The predicted molar refractivity (Wildman–Crippen MR) is 134 cm³/mol. The monoisotopic (exact) mass is 575 g/mol. The molecule has 3 heterocycles. The Morgan fingerprint density at radius 1 is 0.951 bits per heavy atom. The number of aryl methyl sites for hydroxylation is 2. The molecule has 0 saturated carbocycles. The maximum atomic E-state index is 14.6. The van der Waals surface area contributed by atoms with Gasteiger partial charge in [-0.1, -0.05) is 28.6 Å². The van der Waals surface area contributed by atoms with Gasteiger partial charge in [0.2, 0.25) is 0 Å². The van der Waals surface area contributed by atoms with Crippen LogP contribution < -0.4 is 15.4 Å². The van der Waals surface area contributed by atoms with Gasteiger partial charge in [0.1, 0.15) is 11.9 Å². The molecule has 4 rings (SSSR count). The van der Waals surface area contributed by atoms with Crippen molar-refractivity contribution >= 4 is 11.8 Å². The number of hydrogen-bond donors (Lipinski definition) is 2. The number of nitrogens with one attached hydrogen (secondary N) is 2. The fourth-order valence-corrected chi connectivity index (χ4v) is 3.57. The summed E-state index contributed by atoms with van der Waals surface area (Å²) in [7, 11) is 0. The van der Waals surface area contributed by atoms with Gasteiger partial charge in [-0.3, -0.25) is 19.3 Å². The average molecular weight is 576 g/mol. The number of ether oxygens (including phenoxy) is 1. The van der Waals surface area contributed by atoms with E-state index in [0.717, 1.165) is 23.4 Å². The van der Waals surface area contributed by atoms with Crippen LogP contribution in [0.2, 0.25) is 0 Å². The number of halogens is 4. The van der Waals surface area contributed by atoms with Crippen LogP contribution in [0.3, 0.4) is 0 Å². The molecule has 4 aromatic rings. The van der Waals surface area contributed by atoms with E-state index < -0.39 is 30.1 Å². The fourth-order valence-electron chi connectivity index (χ4n) is 3.57. The van der Waals surface area contributed by atoms with E-state index in [1.54, 1.807) is 6.20 Å². The minimum Gasteiger partial charge on any atom is -0.406 e. The molecule has 0 saturated heterocycles. The number of pyridine rings is 1. The summed E-state index contributed by atoms with van der Waals surface area (Å²) >= 11 is 0. The number of alkyl halides is 4. The lowest BCUT2D eigenvalue weighted by Crippen LogP contribution is -2.23. The van der Waals surface area contributed by atoms with Gasteiger partial charge in [0, 0.05) is 37.9 Å². The summed E-state index contributed by atoms with van der Waals surface area (Å²) < 4.78 is 58.1. The third-order valence-electron chi connectivity index (χ3n) is 5.61. The van der Waals surface area contributed by atoms with E-state index in [2.05, 4.69) is 41.0 Å². The third kappa shape index (κ3) is 9.08. The maximum absolute atomic E-state index is 14.6. The zero-order valence-corrected chi connectivity index (χ0v) is 21.7. The first-order chi connectivity index (χ1) is 19.5. The van der Waals surface area contributed by atoms with Crippen molar-refractivity contribution in [2.45, 2.75) is 52.1 Å². The van der Waals surface area contributed by atoms with Crippen LogP contribution in [0.1, 0.15) is 44.2 Å². The Morgan fingerprint density at radius 2 is 1.61 bits per heavy atom. The number of carbonyl (C=O) groups excluding carboxylic acids is 2. The molecule has 0 aliphatic rings. The summed E-state index contributed by atoms with van der Waals surface area (Å²) in [5.41, 5.74) is 2.06. The molecule has 16 heteroatoms. The summed E-state index contributed by atoms with van der Waals surface area (Å²) in [5.74, 6) is -1.47. The SMILES string of the molecule is Cc1ccc(CNC(=O)c2cn(CC(F)CCn3cc(C(=O)NCc4cccc(OC(F)(F)F)c4)nn3)nn2)cn1. The van der Waals surface area contributed by atoms with Crippen LogP contribution >= 0.6 is 0 Å². The predicted octanol–water partition coefficient (Wildman–Crippen LogP) is 2.76. The smallest absolute Gasteiger partial charge is 0.406 e. The molecule has 216 valence electrons. The molecule has 0 fully saturated rings. The quantitative estimate of drug-likeness (QED) is 0.246. The van der Waals surface area contributed by atoms with Gasteiger partial charge in [0.15, 0.2) is 11.4 Å². The minimum absolute atomic E-state index is 0.0121. The van der Waals surface area contributed by atoms with Crippen molar-refractivity contribution in [3.63, 3.8) is 0 Å². The largest absolute Gasteiger partial charge is 0.573 e. The highest BCUT2D eigenvalue weighted by Crippen LogP contribution is 2.23. The van der Waals surface area contributed by atoms with Crippen molar-refractivity contribution in [3.05, 3.63) is 83.2 Å². The molecule has 2 N–H and O–H groups in total. The Kier molecular flexibility index (Phi) is 9.21. The Labute approximate surface area is 230 Å². The van der Waals surface area contributed by atoms with E-state index in [1.165, 1.54) is 33.9 Å². The second-order valence-corrected chi connectivity index (χ2v) is 8.95. The molecule has 0 bridgehead atoms. The number of rotatable bonds is 12. The van der Waals surface area contributed by atoms with Gasteiger partial charge in [-0.25, -0.2) is 9.07 Å². The van der Waals surface area contributed by atoms with Gasteiger partial charge in [0.05, 0.1) is 18.9 Å². The average Bonchev–Trinajstić information content (AvgIpc) is 3.59. The van der Waals surface area contributed by atoms with Crippen LogP contribution in [0, 0.1) is 6.92 Å². The van der Waals surface area contributed by atoms with Crippen molar-refractivity contribution < 1.29 is 31.9 Å². The molecule has 0 radical (unpaired) electrons. The van der Waals surface area contributed by atoms with Gasteiger partial charge < -0.3 is 15.4 Å². The van der Waals surface area contributed by atoms with Crippen molar-refractivity contribution in [1.29, 1.82) is 0 Å². The lowest BCUT2D eigenvalue weighted by atomic mass is 10.2. The van der Waals surface area contributed by atoms with Gasteiger partial charge in [-0.05, 0) is 36.2 Å². The van der Waals surface area contributed by atoms with E-state index in [9.17, 15) is 27.2 Å². The first kappa shape index (κ1) is 29.1. The first-order valence-electron chi connectivity index (χ1n) is 12.3. The first-order valence-corrected chi connectivity index (χ1v) is 12.3. The Morgan fingerprint density at radius 3 is 2.27 bits per heavy atom. The normalized spacial score (nSPS) is 12.1. The molecule has 3 aromatic heterocycles. The molecular formula is C25H25F4N9O3. The lowest BCUT2D eigenvalue weighted by molar-refractivity contribution is -0.274. The van der Waals surface area contributed by atoms with E-state index in [-0.39, 0.29) is 44.0 Å². The highest BCUT2D eigenvalue weighted by atomic mass is 19.4. The van der Waals surface area contributed by atoms with Crippen LogP contribution in [-0.2, 0) is 26.2 Å². The lowest BCUT2D eigenvalue weighted by Gasteiger charge is -2.10. The highest BCUT2D eigenvalue weighted by molar-refractivity contribution is 5.92. The number of hydrogen-bond acceptors (Lipinski definition) is 8. The minimum atomic E-state index is -4.83. The topological polar surface area (TPSA) is 142 Å². The maximum Gasteiger partial charge on any atom is 0.573 e. The van der Waals surface area contributed by atoms with E-state index in [0.29, 0.717) is 5.56 Å². The summed E-state index contributed by atoms with van der Waals surface area (Å²) in [5, 5.41) is 20.4. The van der Waals surface area contributed by atoms with Crippen LogP contribution in [0.25, 0.3) is 0 Å². The fraction of sp³-hybridized carbons (Fsp3) is 0.320. The van der Waals surface area contributed by atoms with E-state index >= 15 is 0 Å². The number of aromatic nitrogens is 7. The molecule has 1 unspecified atom stereocenters. The summed E-state index contributed by atoms with van der Waals surface area (Å²) in [4.78, 5) is 28.8.